The lowest BCUT2D eigenvalue weighted by molar-refractivity contribution is 0.300. The van der Waals surface area contributed by atoms with Crippen molar-refractivity contribution in [1.29, 1.82) is 0 Å². The SMILES string of the molecule is C/C=C(/c1ccccn1)C1CCCCC(C)(C)CC/C1=C(/C)c1ccc(N)cc1. The maximum Gasteiger partial charge on any atom is 0.0664 e. The molecule has 1 unspecified atom stereocenters. The van der Waals surface area contributed by atoms with Crippen molar-refractivity contribution in [3.8, 4) is 0 Å². The molecule has 0 amide bonds. The Morgan fingerprint density at radius 1 is 1.07 bits per heavy atom. The molecule has 0 saturated heterocycles. The molecule has 0 spiro atoms. The summed E-state index contributed by atoms with van der Waals surface area (Å²) >= 11 is 0. The smallest absolute Gasteiger partial charge is 0.0664 e. The lowest BCUT2D eigenvalue weighted by Crippen LogP contribution is -2.13. The summed E-state index contributed by atoms with van der Waals surface area (Å²) in [6.45, 7) is 9.32. The molecule has 2 heteroatoms. The molecular formula is C27H36N2. The first kappa shape index (κ1) is 21.4. The van der Waals surface area contributed by atoms with E-state index >= 15 is 0 Å². The Kier molecular flexibility index (Phi) is 6.95. The highest BCUT2D eigenvalue weighted by Gasteiger charge is 2.27. The van der Waals surface area contributed by atoms with Crippen molar-refractivity contribution >= 4 is 16.8 Å². The van der Waals surface area contributed by atoms with Crippen molar-refractivity contribution in [1.82, 2.24) is 4.98 Å². The second-order valence-electron chi connectivity index (χ2n) is 9.19. The Balaban J connectivity index is 2.10. The van der Waals surface area contributed by atoms with Crippen LogP contribution in [0.1, 0.15) is 77.5 Å². The summed E-state index contributed by atoms with van der Waals surface area (Å²) in [7, 11) is 0. The molecule has 0 bridgehead atoms. The Bertz CT molecular complexity index is 857. The van der Waals surface area contributed by atoms with E-state index in [0.29, 0.717) is 11.3 Å². The number of anilines is 1. The van der Waals surface area contributed by atoms with Gasteiger partial charge in [0.1, 0.15) is 0 Å². The second-order valence-corrected chi connectivity index (χ2v) is 9.19. The largest absolute Gasteiger partial charge is 0.399 e. The van der Waals surface area contributed by atoms with Crippen LogP contribution in [0.5, 0.6) is 0 Å². The van der Waals surface area contributed by atoms with Gasteiger partial charge in [-0.1, -0.05) is 56.5 Å². The number of benzene rings is 1. The van der Waals surface area contributed by atoms with Crippen molar-refractivity contribution in [3.63, 3.8) is 0 Å². The first-order chi connectivity index (χ1) is 13.9. The number of hydrogen-bond acceptors (Lipinski definition) is 2. The van der Waals surface area contributed by atoms with Crippen molar-refractivity contribution in [2.24, 2.45) is 11.3 Å². The molecule has 3 rings (SSSR count). The number of nitrogens with two attached hydrogens (primary N) is 1. The molecule has 2 nitrogen and oxygen atoms in total. The van der Waals surface area contributed by atoms with E-state index in [0.717, 1.165) is 17.8 Å². The molecule has 1 aliphatic carbocycles. The zero-order chi connectivity index (χ0) is 20.9. The number of nitrogen functional groups attached to an aromatic ring is 1. The number of allylic oxidation sites excluding steroid dienone is 4. The minimum absolute atomic E-state index is 0.391. The van der Waals surface area contributed by atoms with Crippen molar-refractivity contribution in [2.75, 3.05) is 5.73 Å². The van der Waals surface area contributed by atoms with Crippen LogP contribution in [0.25, 0.3) is 11.1 Å². The molecule has 2 N–H and O–H groups in total. The summed E-state index contributed by atoms with van der Waals surface area (Å²) in [6, 6.07) is 14.6. The molecule has 29 heavy (non-hydrogen) atoms. The van der Waals surface area contributed by atoms with E-state index in [9.17, 15) is 0 Å². The maximum atomic E-state index is 5.95. The monoisotopic (exact) mass is 388 g/mol. The third kappa shape index (κ3) is 5.38. The van der Waals surface area contributed by atoms with E-state index < -0.39 is 0 Å². The number of nitrogens with zero attached hydrogens (tertiary/aromatic N) is 1. The first-order valence-electron chi connectivity index (χ1n) is 11.0. The molecule has 1 aliphatic rings. The van der Waals surface area contributed by atoms with Crippen LogP contribution >= 0.6 is 0 Å². The molecule has 1 heterocycles. The second kappa shape index (κ2) is 9.43. The van der Waals surface area contributed by atoms with Gasteiger partial charge in [0.25, 0.3) is 0 Å². The van der Waals surface area contributed by atoms with Crippen molar-refractivity contribution < 1.29 is 0 Å². The Morgan fingerprint density at radius 3 is 2.48 bits per heavy atom. The van der Waals surface area contributed by atoms with Gasteiger partial charge in [-0.25, -0.2) is 0 Å². The standard InChI is InChI=1S/C27H36N2/c1-5-23(26-11-7-9-19-29-26)25-10-6-8-17-27(3,4)18-16-24(25)20(2)21-12-14-22(28)15-13-21/h5,7,9,11-15,19,25H,6,8,10,16-18,28H2,1-4H3/b23-5+,24-20+. The van der Waals surface area contributed by atoms with Gasteiger partial charge in [0.05, 0.1) is 5.69 Å². The van der Waals surface area contributed by atoms with Crippen molar-refractivity contribution in [2.45, 2.75) is 66.2 Å². The van der Waals surface area contributed by atoms with Crippen LogP contribution < -0.4 is 5.73 Å². The highest BCUT2D eigenvalue weighted by Crippen LogP contribution is 2.43. The Hall–Kier alpha value is -2.35. The van der Waals surface area contributed by atoms with E-state index in [1.165, 1.54) is 48.8 Å². The van der Waals surface area contributed by atoms with Crippen LogP contribution in [-0.4, -0.2) is 4.98 Å². The van der Waals surface area contributed by atoms with Crippen LogP contribution in [0.15, 0.2) is 60.3 Å². The number of aromatic nitrogens is 1. The molecule has 2 aromatic rings. The van der Waals surface area contributed by atoms with E-state index in [1.807, 2.05) is 24.4 Å². The molecule has 1 aromatic heterocycles. The summed E-state index contributed by atoms with van der Waals surface area (Å²) in [5.74, 6) is 0.418. The minimum atomic E-state index is 0.391. The number of pyridine rings is 1. The summed E-state index contributed by atoms with van der Waals surface area (Å²) in [5.41, 5.74) is 13.9. The highest BCUT2D eigenvalue weighted by atomic mass is 14.7. The summed E-state index contributed by atoms with van der Waals surface area (Å²) in [5, 5.41) is 0. The fraction of sp³-hybridized carbons (Fsp3) is 0.444. The quantitative estimate of drug-likeness (QED) is 0.552. The Labute approximate surface area is 177 Å². The fourth-order valence-electron chi connectivity index (χ4n) is 4.67. The van der Waals surface area contributed by atoms with E-state index in [-0.39, 0.29) is 0 Å². The number of hydrogen-bond donors (Lipinski definition) is 1. The van der Waals surface area contributed by atoms with Gasteiger partial charge in [0.2, 0.25) is 0 Å². The maximum absolute atomic E-state index is 5.95. The van der Waals surface area contributed by atoms with Gasteiger partial charge in [-0.15, -0.1) is 0 Å². The van der Waals surface area contributed by atoms with Crippen LogP contribution in [-0.2, 0) is 0 Å². The van der Waals surface area contributed by atoms with Gasteiger partial charge in [0.15, 0.2) is 0 Å². The minimum Gasteiger partial charge on any atom is -0.399 e. The molecule has 154 valence electrons. The Morgan fingerprint density at radius 2 is 1.83 bits per heavy atom. The average Bonchev–Trinajstić information content (AvgIpc) is 2.79. The van der Waals surface area contributed by atoms with Crippen LogP contribution in [0, 0.1) is 11.3 Å². The molecule has 1 atom stereocenters. The summed E-state index contributed by atoms with van der Waals surface area (Å²) in [4.78, 5) is 4.70. The zero-order valence-corrected chi connectivity index (χ0v) is 18.5. The van der Waals surface area contributed by atoms with Gasteiger partial charge < -0.3 is 5.73 Å². The molecule has 1 aromatic carbocycles. The van der Waals surface area contributed by atoms with Crippen molar-refractivity contribution in [3.05, 3.63) is 71.6 Å². The van der Waals surface area contributed by atoms with Gasteiger partial charge in [0, 0.05) is 17.8 Å². The number of rotatable bonds is 3. The first-order valence-corrected chi connectivity index (χ1v) is 11.0. The molecule has 0 radical (unpaired) electrons. The van der Waals surface area contributed by atoms with Crippen LogP contribution in [0.3, 0.4) is 0 Å². The normalized spacial score (nSPS) is 22.3. The van der Waals surface area contributed by atoms with E-state index in [4.69, 9.17) is 10.7 Å². The van der Waals surface area contributed by atoms with Gasteiger partial charge in [-0.3, -0.25) is 4.98 Å². The van der Waals surface area contributed by atoms with Gasteiger partial charge in [-0.2, -0.15) is 0 Å². The third-order valence-corrected chi connectivity index (χ3v) is 6.56. The molecule has 1 saturated carbocycles. The average molecular weight is 389 g/mol. The lowest BCUT2D eigenvalue weighted by Gasteiger charge is -2.28. The highest BCUT2D eigenvalue weighted by molar-refractivity contribution is 5.75. The lowest BCUT2D eigenvalue weighted by atomic mass is 9.77. The summed E-state index contributed by atoms with van der Waals surface area (Å²) in [6.07, 6.45) is 11.6. The van der Waals surface area contributed by atoms with E-state index in [1.54, 1.807) is 5.57 Å². The predicted molar refractivity (Wildman–Crippen MR) is 126 cm³/mol. The predicted octanol–water partition coefficient (Wildman–Crippen LogP) is 7.54. The van der Waals surface area contributed by atoms with Gasteiger partial charge in [-0.05, 0) is 85.9 Å². The van der Waals surface area contributed by atoms with E-state index in [2.05, 4.69) is 58.0 Å². The fourth-order valence-corrected chi connectivity index (χ4v) is 4.67. The van der Waals surface area contributed by atoms with Crippen LogP contribution in [0.2, 0.25) is 0 Å². The summed E-state index contributed by atoms with van der Waals surface area (Å²) < 4.78 is 0. The molecular weight excluding hydrogens is 352 g/mol. The molecule has 0 aliphatic heterocycles. The third-order valence-electron chi connectivity index (χ3n) is 6.56. The van der Waals surface area contributed by atoms with Crippen LogP contribution in [0.4, 0.5) is 5.69 Å². The zero-order valence-electron chi connectivity index (χ0n) is 18.5. The molecule has 1 fully saturated rings. The van der Waals surface area contributed by atoms with Gasteiger partial charge >= 0.3 is 0 Å². The topological polar surface area (TPSA) is 38.9 Å².